The Hall–Kier alpha value is -3.29. The van der Waals surface area contributed by atoms with Crippen molar-refractivity contribution in [2.75, 3.05) is 17.2 Å². The number of oxime groups is 1. The van der Waals surface area contributed by atoms with Crippen LogP contribution in [0.3, 0.4) is 0 Å². The zero-order valence-corrected chi connectivity index (χ0v) is 14.2. The Kier molecular flexibility index (Phi) is 6.37. The van der Waals surface area contributed by atoms with E-state index in [2.05, 4.69) is 15.8 Å². The lowest BCUT2D eigenvalue weighted by Gasteiger charge is -2.06. The molecule has 2 aromatic rings. The van der Waals surface area contributed by atoms with Gasteiger partial charge in [0.25, 0.3) is 5.91 Å². The van der Waals surface area contributed by atoms with E-state index in [9.17, 15) is 18.4 Å². The molecule has 0 aliphatic heterocycles. The highest BCUT2D eigenvalue weighted by Gasteiger charge is 2.06. The van der Waals surface area contributed by atoms with E-state index < -0.39 is 24.1 Å². The minimum absolute atomic E-state index is 0.00892. The second-order valence-electron chi connectivity index (χ2n) is 5.41. The molecule has 0 fully saturated rings. The molecule has 0 spiro atoms. The van der Waals surface area contributed by atoms with Crippen LogP contribution in [0.5, 0.6) is 0 Å². The van der Waals surface area contributed by atoms with Gasteiger partial charge in [-0.2, -0.15) is 0 Å². The maximum Gasteiger partial charge on any atom is 0.265 e. The Bertz CT molecular complexity index is 816. The average molecular weight is 361 g/mol. The molecular formula is C18H17F2N3O3. The highest BCUT2D eigenvalue weighted by molar-refractivity contribution is 5.99. The molecule has 6 nitrogen and oxygen atoms in total. The van der Waals surface area contributed by atoms with Gasteiger partial charge in [0, 0.05) is 24.4 Å². The Morgan fingerprint density at radius 1 is 0.962 bits per heavy atom. The normalized spacial score (nSPS) is 11.0. The third-order valence-corrected chi connectivity index (χ3v) is 3.17. The first kappa shape index (κ1) is 19.0. The fraction of sp³-hybridized carbons (Fsp3) is 0.167. The molecule has 26 heavy (non-hydrogen) atoms. The number of hydrogen-bond acceptors (Lipinski definition) is 4. The van der Waals surface area contributed by atoms with Gasteiger partial charge in [0.05, 0.1) is 5.71 Å². The van der Waals surface area contributed by atoms with E-state index >= 15 is 0 Å². The first-order valence-electron chi connectivity index (χ1n) is 7.64. The number of hydrogen-bond donors (Lipinski definition) is 2. The Labute approximate surface area is 148 Å². The zero-order valence-electron chi connectivity index (χ0n) is 14.2. The number of anilines is 2. The predicted octanol–water partition coefficient (Wildman–Crippen LogP) is 3.30. The summed E-state index contributed by atoms with van der Waals surface area (Å²) in [6.07, 6.45) is 0. The van der Waals surface area contributed by atoms with Crippen LogP contribution in [0.4, 0.5) is 20.2 Å². The lowest BCUT2D eigenvalue weighted by molar-refractivity contribution is -0.120. The minimum Gasteiger partial charge on any atom is -0.385 e. The van der Waals surface area contributed by atoms with Crippen molar-refractivity contribution in [2.45, 2.75) is 13.8 Å². The van der Waals surface area contributed by atoms with Gasteiger partial charge in [-0.1, -0.05) is 17.3 Å². The van der Waals surface area contributed by atoms with E-state index in [1.54, 1.807) is 31.2 Å². The zero-order chi connectivity index (χ0) is 19.1. The van der Waals surface area contributed by atoms with Gasteiger partial charge < -0.3 is 15.5 Å². The Morgan fingerprint density at radius 2 is 1.58 bits per heavy atom. The summed E-state index contributed by atoms with van der Waals surface area (Å²) in [6.45, 7) is 2.68. The molecule has 0 aliphatic rings. The lowest BCUT2D eigenvalue weighted by atomic mass is 10.1. The molecule has 0 unspecified atom stereocenters. The van der Waals surface area contributed by atoms with Gasteiger partial charge >= 0.3 is 0 Å². The third-order valence-electron chi connectivity index (χ3n) is 3.17. The fourth-order valence-corrected chi connectivity index (χ4v) is 2.06. The molecule has 0 aromatic heterocycles. The fourth-order valence-electron chi connectivity index (χ4n) is 2.06. The average Bonchev–Trinajstić information content (AvgIpc) is 2.53. The predicted molar refractivity (Wildman–Crippen MR) is 93.9 cm³/mol. The van der Waals surface area contributed by atoms with Crippen LogP contribution < -0.4 is 10.6 Å². The maximum absolute atomic E-state index is 13.1. The van der Waals surface area contributed by atoms with Gasteiger partial charge in [-0.05, 0) is 36.8 Å². The van der Waals surface area contributed by atoms with E-state index in [-0.39, 0.29) is 11.6 Å². The van der Waals surface area contributed by atoms with Crippen LogP contribution in [0.15, 0.2) is 47.6 Å². The molecule has 136 valence electrons. The van der Waals surface area contributed by atoms with Gasteiger partial charge in [-0.15, -0.1) is 0 Å². The number of carbonyl (C=O) groups excluding carboxylic acids is 2. The summed E-state index contributed by atoms with van der Waals surface area (Å²) in [5, 5.41) is 8.78. The molecule has 0 radical (unpaired) electrons. The maximum atomic E-state index is 13.1. The minimum atomic E-state index is -0.794. The molecular weight excluding hydrogens is 344 g/mol. The van der Waals surface area contributed by atoms with Crippen LogP contribution in [-0.2, 0) is 14.4 Å². The molecule has 0 heterocycles. The summed E-state index contributed by atoms with van der Waals surface area (Å²) in [4.78, 5) is 27.6. The standard InChI is InChI=1S/C18H17F2N3O3/c1-11(13-3-5-16(6-4-13)21-12(2)24)23-26-10-18(25)22-17-8-14(19)7-15(20)9-17/h3-9H,10H2,1-2H3,(H,21,24)(H,22,25)/b23-11+. The van der Waals surface area contributed by atoms with Crippen molar-refractivity contribution in [3.05, 3.63) is 59.7 Å². The summed E-state index contributed by atoms with van der Waals surface area (Å²) in [6, 6.07) is 9.59. The van der Waals surface area contributed by atoms with Crippen molar-refractivity contribution in [1.29, 1.82) is 0 Å². The van der Waals surface area contributed by atoms with Crippen LogP contribution in [0.2, 0.25) is 0 Å². The summed E-state index contributed by atoms with van der Waals surface area (Å²) < 4.78 is 26.1. The van der Waals surface area contributed by atoms with Crippen LogP contribution in [0.25, 0.3) is 0 Å². The second-order valence-corrected chi connectivity index (χ2v) is 5.41. The molecule has 2 N–H and O–H groups in total. The highest BCUT2D eigenvalue weighted by atomic mass is 19.1. The molecule has 0 aliphatic carbocycles. The van der Waals surface area contributed by atoms with E-state index in [1.165, 1.54) is 6.92 Å². The number of carbonyl (C=O) groups is 2. The number of nitrogens with one attached hydrogen (secondary N) is 2. The van der Waals surface area contributed by atoms with Crippen molar-refractivity contribution in [3.63, 3.8) is 0 Å². The van der Waals surface area contributed by atoms with Crippen molar-refractivity contribution in [2.24, 2.45) is 5.16 Å². The highest BCUT2D eigenvalue weighted by Crippen LogP contribution is 2.13. The number of halogens is 2. The van der Waals surface area contributed by atoms with Gasteiger partial charge in [0.15, 0.2) is 6.61 Å². The quantitative estimate of drug-likeness (QED) is 0.612. The van der Waals surface area contributed by atoms with E-state index in [0.717, 1.165) is 17.7 Å². The number of rotatable bonds is 6. The molecule has 0 saturated heterocycles. The number of amides is 2. The molecule has 2 amide bonds. The van der Waals surface area contributed by atoms with Crippen LogP contribution in [0.1, 0.15) is 19.4 Å². The van der Waals surface area contributed by atoms with Crippen molar-refractivity contribution >= 4 is 28.9 Å². The van der Waals surface area contributed by atoms with Crippen LogP contribution in [0, 0.1) is 11.6 Å². The molecule has 8 heteroatoms. The van der Waals surface area contributed by atoms with Gasteiger partial charge in [0.1, 0.15) is 11.6 Å². The van der Waals surface area contributed by atoms with Crippen LogP contribution in [-0.4, -0.2) is 24.1 Å². The number of benzene rings is 2. The van der Waals surface area contributed by atoms with Crippen molar-refractivity contribution < 1.29 is 23.2 Å². The second kappa shape index (κ2) is 8.70. The Balaban J connectivity index is 1.88. The third kappa shape index (κ3) is 5.97. The summed E-state index contributed by atoms with van der Waals surface area (Å²) in [5.41, 5.74) is 1.90. The summed E-state index contributed by atoms with van der Waals surface area (Å²) in [7, 11) is 0. The first-order valence-corrected chi connectivity index (χ1v) is 7.64. The molecule has 2 rings (SSSR count). The molecule has 2 aromatic carbocycles. The van der Waals surface area contributed by atoms with Gasteiger partial charge in [0.2, 0.25) is 5.91 Å². The molecule has 0 saturated carbocycles. The van der Waals surface area contributed by atoms with E-state index in [4.69, 9.17) is 4.84 Å². The number of nitrogens with zero attached hydrogens (tertiary/aromatic N) is 1. The molecule has 0 atom stereocenters. The van der Waals surface area contributed by atoms with E-state index in [0.29, 0.717) is 17.5 Å². The lowest BCUT2D eigenvalue weighted by Crippen LogP contribution is -2.17. The SMILES string of the molecule is CC(=O)Nc1ccc(/C(C)=N/OCC(=O)Nc2cc(F)cc(F)c2)cc1. The summed E-state index contributed by atoms with van der Waals surface area (Å²) >= 11 is 0. The van der Waals surface area contributed by atoms with Crippen molar-refractivity contribution in [3.8, 4) is 0 Å². The smallest absolute Gasteiger partial charge is 0.265 e. The van der Waals surface area contributed by atoms with Gasteiger partial charge in [-0.25, -0.2) is 8.78 Å². The molecule has 0 bridgehead atoms. The van der Waals surface area contributed by atoms with E-state index in [1.807, 2.05) is 0 Å². The van der Waals surface area contributed by atoms with Crippen molar-refractivity contribution in [1.82, 2.24) is 0 Å². The topological polar surface area (TPSA) is 79.8 Å². The summed E-state index contributed by atoms with van der Waals surface area (Å²) in [5.74, 6) is -2.36. The largest absolute Gasteiger partial charge is 0.385 e. The van der Waals surface area contributed by atoms with Gasteiger partial charge in [-0.3, -0.25) is 9.59 Å². The van der Waals surface area contributed by atoms with Crippen LogP contribution >= 0.6 is 0 Å². The Morgan fingerprint density at radius 3 is 2.15 bits per heavy atom. The monoisotopic (exact) mass is 361 g/mol. The first-order chi connectivity index (χ1) is 12.3.